The Balaban J connectivity index is 1.53. The van der Waals surface area contributed by atoms with Crippen LogP contribution >= 0.6 is 0 Å². The van der Waals surface area contributed by atoms with E-state index in [4.69, 9.17) is 4.74 Å². The minimum atomic E-state index is -3.63. The summed E-state index contributed by atoms with van der Waals surface area (Å²) in [5.74, 6) is 1.19. The fourth-order valence-electron chi connectivity index (χ4n) is 4.61. The van der Waals surface area contributed by atoms with E-state index in [0.29, 0.717) is 44.0 Å². The van der Waals surface area contributed by atoms with E-state index < -0.39 is 10.0 Å². The maximum absolute atomic E-state index is 13.2. The van der Waals surface area contributed by atoms with E-state index in [1.54, 1.807) is 12.1 Å². The fraction of sp³-hybridized carbons (Fsp3) is 0.696. The van der Waals surface area contributed by atoms with Crippen molar-refractivity contribution in [2.75, 3.05) is 20.2 Å². The van der Waals surface area contributed by atoms with E-state index in [2.05, 4.69) is 5.32 Å². The average Bonchev–Trinajstić information content (AvgIpc) is 2.75. The summed E-state index contributed by atoms with van der Waals surface area (Å²) in [5, 5.41) is 3.12. The van der Waals surface area contributed by atoms with Gasteiger partial charge in [0.2, 0.25) is 15.9 Å². The smallest absolute Gasteiger partial charge is 0.246 e. The molecule has 0 aromatic heterocycles. The number of ether oxygens (including phenoxy) is 1. The summed E-state index contributed by atoms with van der Waals surface area (Å²) in [5.41, 5.74) is 1.93. The van der Waals surface area contributed by atoms with Gasteiger partial charge >= 0.3 is 0 Å². The molecule has 0 unspecified atom stereocenters. The van der Waals surface area contributed by atoms with Crippen LogP contribution in [-0.2, 0) is 14.8 Å². The molecule has 1 aromatic rings. The lowest BCUT2D eigenvalue weighted by Gasteiger charge is -2.32. The van der Waals surface area contributed by atoms with E-state index >= 15 is 0 Å². The average molecular weight is 437 g/mol. The molecule has 7 heteroatoms. The highest BCUT2D eigenvalue weighted by Gasteiger charge is 2.32. The van der Waals surface area contributed by atoms with Crippen molar-refractivity contribution in [3.05, 3.63) is 23.3 Å². The van der Waals surface area contributed by atoms with Crippen LogP contribution in [0.3, 0.4) is 0 Å². The number of hydrogen-bond donors (Lipinski definition) is 1. The van der Waals surface area contributed by atoms with Crippen molar-refractivity contribution in [2.24, 2.45) is 5.92 Å². The molecule has 30 heavy (non-hydrogen) atoms. The number of aryl methyl sites for hydroxylation is 2. The van der Waals surface area contributed by atoms with Gasteiger partial charge in [-0.05, 0) is 62.3 Å². The molecule has 1 aliphatic heterocycles. The molecule has 1 aromatic carbocycles. The van der Waals surface area contributed by atoms with Crippen molar-refractivity contribution in [1.82, 2.24) is 9.62 Å². The van der Waals surface area contributed by atoms with Crippen molar-refractivity contribution in [1.29, 1.82) is 0 Å². The van der Waals surface area contributed by atoms with Crippen LogP contribution < -0.4 is 10.1 Å². The molecule has 3 rings (SSSR count). The predicted octanol–water partition coefficient (Wildman–Crippen LogP) is 3.94. The Hall–Kier alpha value is -1.60. The van der Waals surface area contributed by atoms with Gasteiger partial charge in [-0.15, -0.1) is 0 Å². The van der Waals surface area contributed by atoms with Gasteiger partial charge in [-0.2, -0.15) is 4.31 Å². The third-order valence-electron chi connectivity index (χ3n) is 6.72. The van der Waals surface area contributed by atoms with Gasteiger partial charge in [-0.25, -0.2) is 8.42 Å². The van der Waals surface area contributed by atoms with E-state index in [1.807, 2.05) is 13.8 Å². The van der Waals surface area contributed by atoms with Crippen molar-refractivity contribution < 1.29 is 17.9 Å². The number of carbonyl (C=O) groups excluding carboxylic acids is 1. The molecule has 0 radical (unpaired) electrons. The van der Waals surface area contributed by atoms with Crippen LogP contribution in [-0.4, -0.2) is 44.9 Å². The van der Waals surface area contributed by atoms with Crippen LogP contribution in [0.2, 0.25) is 0 Å². The summed E-state index contributed by atoms with van der Waals surface area (Å²) < 4.78 is 33.3. The monoisotopic (exact) mass is 436 g/mol. The first-order chi connectivity index (χ1) is 14.3. The van der Waals surface area contributed by atoms with Crippen molar-refractivity contribution in [3.63, 3.8) is 0 Å². The molecule has 1 heterocycles. The van der Waals surface area contributed by atoms with Gasteiger partial charge in [0.1, 0.15) is 10.6 Å². The Labute approximate surface area is 181 Å². The Morgan fingerprint density at radius 3 is 2.33 bits per heavy atom. The molecule has 1 saturated carbocycles. The molecule has 2 aliphatic rings. The number of nitrogens with zero attached hydrogens (tertiary/aromatic N) is 1. The number of methoxy groups -OCH3 is 1. The quantitative estimate of drug-likeness (QED) is 0.702. The number of sulfonamides is 1. The zero-order valence-corrected chi connectivity index (χ0v) is 19.4. The number of benzene rings is 1. The van der Waals surface area contributed by atoms with Crippen LogP contribution in [0.5, 0.6) is 5.75 Å². The lowest BCUT2D eigenvalue weighted by Crippen LogP contribution is -2.46. The number of carbonyl (C=O) groups is 1. The highest BCUT2D eigenvalue weighted by Crippen LogP contribution is 2.31. The standard InChI is InChI=1S/C23H36N2O4S/c1-17-15-21(29-3)22(16-18(17)2)30(27,28)25-13-11-20(12-14-25)24-23(26)10-9-19-7-5-4-6-8-19/h15-16,19-20H,4-14H2,1-3H3,(H,24,26). The topological polar surface area (TPSA) is 75.7 Å². The van der Waals surface area contributed by atoms with Gasteiger partial charge in [0, 0.05) is 25.6 Å². The van der Waals surface area contributed by atoms with Gasteiger partial charge in [0.05, 0.1) is 7.11 Å². The van der Waals surface area contributed by atoms with E-state index in [9.17, 15) is 13.2 Å². The summed E-state index contributed by atoms with van der Waals surface area (Å²) >= 11 is 0. The van der Waals surface area contributed by atoms with Crippen molar-refractivity contribution in [3.8, 4) is 5.75 Å². The SMILES string of the molecule is COc1cc(C)c(C)cc1S(=O)(=O)N1CCC(NC(=O)CCC2CCCCC2)CC1. The van der Waals surface area contributed by atoms with Gasteiger partial charge in [0.15, 0.2) is 0 Å². The first kappa shape index (κ1) is 23.1. The normalized spacial score (nSPS) is 19.6. The van der Waals surface area contributed by atoms with Crippen molar-refractivity contribution in [2.45, 2.75) is 82.6 Å². The lowest BCUT2D eigenvalue weighted by atomic mass is 9.86. The molecule has 0 bridgehead atoms. The molecule has 1 saturated heterocycles. The molecular formula is C23H36N2O4S. The number of piperidine rings is 1. The van der Waals surface area contributed by atoms with Gasteiger partial charge < -0.3 is 10.1 Å². The molecule has 0 atom stereocenters. The second-order valence-corrected chi connectivity index (χ2v) is 10.8. The van der Waals surface area contributed by atoms with Gasteiger partial charge in [-0.1, -0.05) is 32.1 Å². The summed E-state index contributed by atoms with van der Waals surface area (Å²) in [6.07, 6.45) is 9.28. The molecule has 1 amide bonds. The number of hydrogen-bond acceptors (Lipinski definition) is 4. The van der Waals surface area contributed by atoms with Crippen LogP contribution in [0, 0.1) is 19.8 Å². The maximum Gasteiger partial charge on any atom is 0.246 e. The van der Waals surface area contributed by atoms with E-state index in [-0.39, 0.29) is 16.8 Å². The van der Waals surface area contributed by atoms with Gasteiger partial charge in [0.25, 0.3) is 0 Å². The third-order valence-corrected chi connectivity index (χ3v) is 8.64. The summed E-state index contributed by atoms with van der Waals surface area (Å²) in [6, 6.07) is 3.53. The molecule has 6 nitrogen and oxygen atoms in total. The van der Waals surface area contributed by atoms with Crippen LogP contribution in [0.25, 0.3) is 0 Å². The molecule has 2 fully saturated rings. The van der Waals surface area contributed by atoms with Crippen LogP contribution in [0.15, 0.2) is 17.0 Å². The number of rotatable bonds is 7. The van der Waals surface area contributed by atoms with E-state index in [0.717, 1.165) is 17.5 Å². The zero-order chi connectivity index (χ0) is 21.7. The molecule has 0 spiro atoms. The molecular weight excluding hydrogens is 400 g/mol. The first-order valence-electron chi connectivity index (χ1n) is 11.3. The zero-order valence-electron chi connectivity index (χ0n) is 18.6. The summed E-state index contributed by atoms with van der Waals surface area (Å²) in [7, 11) is -2.13. The third kappa shape index (κ3) is 5.55. The Bertz CT molecular complexity index is 839. The van der Waals surface area contributed by atoms with Crippen LogP contribution in [0.1, 0.15) is 68.9 Å². The fourth-order valence-corrected chi connectivity index (χ4v) is 6.31. The largest absolute Gasteiger partial charge is 0.495 e. The highest BCUT2D eigenvalue weighted by atomic mass is 32.2. The molecule has 1 aliphatic carbocycles. The lowest BCUT2D eigenvalue weighted by molar-refractivity contribution is -0.122. The van der Waals surface area contributed by atoms with Gasteiger partial charge in [-0.3, -0.25) is 4.79 Å². The second kappa shape index (κ2) is 10.1. The minimum Gasteiger partial charge on any atom is -0.495 e. The number of nitrogens with one attached hydrogen (secondary N) is 1. The summed E-state index contributed by atoms with van der Waals surface area (Å²) in [4.78, 5) is 12.6. The maximum atomic E-state index is 13.2. The number of amides is 1. The molecule has 168 valence electrons. The Morgan fingerprint density at radius 2 is 1.70 bits per heavy atom. The van der Waals surface area contributed by atoms with E-state index in [1.165, 1.54) is 43.5 Å². The molecule has 1 N–H and O–H groups in total. The Kier molecular flexibility index (Phi) is 7.80. The van der Waals surface area contributed by atoms with Crippen LogP contribution in [0.4, 0.5) is 0 Å². The van der Waals surface area contributed by atoms with Crippen molar-refractivity contribution >= 4 is 15.9 Å². The predicted molar refractivity (Wildman–Crippen MR) is 118 cm³/mol. The summed E-state index contributed by atoms with van der Waals surface area (Å²) in [6.45, 7) is 4.66. The Morgan fingerprint density at radius 1 is 1.07 bits per heavy atom. The first-order valence-corrected chi connectivity index (χ1v) is 12.7. The minimum absolute atomic E-state index is 0.0527. The highest BCUT2D eigenvalue weighted by molar-refractivity contribution is 7.89. The second-order valence-electron chi connectivity index (χ2n) is 8.88.